The summed E-state index contributed by atoms with van der Waals surface area (Å²) in [4.78, 5) is 0.379. The fourth-order valence-corrected chi connectivity index (χ4v) is 3.45. The quantitative estimate of drug-likeness (QED) is 0.777. The summed E-state index contributed by atoms with van der Waals surface area (Å²) in [5.74, 6) is 0. The predicted octanol–water partition coefficient (Wildman–Crippen LogP) is 1.88. The second-order valence-corrected chi connectivity index (χ2v) is 6.50. The van der Waals surface area contributed by atoms with Gasteiger partial charge in [-0.15, -0.1) is 0 Å². The number of nitrogens with one attached hydrogen (secondary N) is 1. The van der Waals surface area contributed by atoms with E-state index in [1.54, 1.807) is 6.07 Å². The summed E-state index contributed by atoms with van der Waals surface area (Å²) >= 11 is 0. The van der Waals surface area contributed by atoms with Crippen molar-refractivity contribution < 1.29 is 13.2 Å². The van der Waals surface area contributed by atoms with E-state index in [4.69, 9.17) is 4.74 Å². The molecule has 0 heterocycles. The van der Waals surface area contributed by atoms with Gasteiger partial charge in [-0.3, -0.25) is 0 Å². The zero-order valence-electron chi connectivity index (χ0n) is 11.3. The van der Waals surface area contributed by atoms with Gasteiger partial charge >= 0.3 is 0 Å². The van der Waals surface area contributed by atoms with Crippen LogP contribution in [-0.4, -0.2) is 28.2 Å². The summed E-state index contributed by atoms with van der Waals surface area (Å²) < 4.78 is 32.0. The van der Waals surface area contributed by atoms with Gasteiger partial charge in [-0.2, -0.15) is 0 Å². The minimum absolute atomic E-state index is 0.379. The van der Waals surface area contributed by atoms with E-state index in [9.17, 15) is 8.42 Å². The van der Waals surface area contributed by atoms with Gasteiger partial charge < -0.3 is 4.74 Å². The van der Waals surface area contributed by atoms with Crippen LogP contribution in [0, 0.1) is 0 Å². The molecule has 5 heteroatoms. The number of benzene rings is 1. The number of rotatable bonds is 7. The number of aryl methyl sites for hydroxylation is 2. The maximum Gasteiger partial charge on any atom is 0.240 e. The van der Waals surface area contributed by atoms with E-state index < -0.39 is 10.0 Å². The molecule has 1 aromatic carbocycles. The molecular formula is C14H21NO3S. The molecule has 4 nitrogen and oxygen atoms in total. The standard InChI is InChI=1S/C14H21NO3S/c1-2-18-10-4-9-15-19(16,17)14-8-7-12-5-3-6-13(12)11-14/h7-8,11,15H,2-6,9-10H2,1H3. The molecule has 2 rings (SSSR count). The molecule has 0 spiro atoms. The number of ether oxygens (including phenoxy) is 1. The largest absolute Gasteiger partial charge is 0.382 e. The molecule has 1 N–H and O–H groups in total. The van der Waals surface area contributed by atoms with Crippen LogP contribution >= 0.6 is 0 Å². The Morgan fingerprint density at radius 3 is 2.84 bits per heavy atom. The Balaban J connectivity index is 1.95. The first-order chi connectivity index (χ1) is 9.13. The van der Waals surface area contributed by atoms with Gasteiger partial charge in [0.1, 0.15) is 0 Å². The average Bonchev–Trinajstić information content (AvgIpc) is 2.85. The Morgan fingerprint density at radius 1 is 1.26 bits per heavy atom. The third-order valence-corrected chi connectivity index (χ3v) is 4.80. The molecule has 0 aliphatic heterocycles. The molecule has 0 aromatic heterocycles. The summed E-state index contributed by atoms with van der Waals surface area (Å²) in [6, 6.07) is 5.46. The van der Waals surface area contributed by atoms with E-state index in [0.717, 1.165) is 19.3 Å². The second-order valence-electron chi connectivity index (χ2n) is 4.73. The van der Waals surface area contributed by atoms with Crippen LogP contribution in [0.15, 0.2) is 23.1 Å². The molecule has 106 valence electrons. The van der Waals surface area contributed by atoms with Gasteiger partial charge in [0.25, 0.3) is 0 Å². The van der Waals surface area contributed by atoms with Crippen molar-refractivity contribution in [2.75, 3.05) is 19.8 Å². The molecule has 19 heavy (non-hydrogen) atoms. The van der Waals surface area contributed by atoms with Crippen molar-refractivity contribution in [2.45, 2.75) is 37.5 Å². The highest BCUT2D eigenvalue weighted by molar-refractivity contribution is 7.89. The first-order valence-electron chi connectivity index (χ1n) is 6.82. The lowest BCUT2D eigenvalue weighted by molar-refractivity contribution is 0.146. The zero-order valence-corrected chi connectivity index (χ0v) is 12.1. The highest BCUT2D eigenvalue weighted by atomic mass is 32.2. The lowest BCUT2D eigenvalue weighted by Gasteiger charge is -2.08. The summed E-state index contributed by atoms with van der Waals surface area (Å²) in [6.45, 7) is 3.59. The van der Waals surface area contributed by atoms with Gasteiger partial charge in [-0.25, -0.2) is 13.1 Å². The van der Waals surface area contributed by atoms with Crippen molar-refractivity contribution in [1.29, 1.82) is 0 Å². The number of fused-ring (bicyclic) bond motifs is 1. The van der Waals surface area contributed by atoms with Gasteiger partial charge in [-0.05, 0) is 55.9 Å². The molecule has 1 aliphatic rings. The van der Waals surface area contributed by atoms with Crippen LogP contribution in [0.2, 0.25) is 0 Å². The van der Waals surface area contributed by atoms with Crippen LogP contribution < -0.4 is 4.72 Å². The second kappa shape index (κ2) is 6.50. The molecule has 1 aliphatic carbocycles. The summed E-state index contributed by atoms with van der Waals surface area (Å²) in [5.41, 5.74) is 2.47. The van der Waals surface area contributed by atoms with Crippen molar-refractivity contribution in [3.63, 3.8) is 0 Å². The minimum Gasteiger partial charge on any atom is -0.382 e. The molecule has 0 saturated heterocycles. The van der Waals surface area contributed by atoms with Crippen LogP contribution in [0.4, 0.5) is 0 Å². The van der Waals surface area contributed by atoms with Crippen molar-refractivity contribution in [1.82, 2.24) is 4.72 Å². The first-order valence-corrected chi connectivity index (χ1v) is 8.31. The average molecular weight is 283 g/mol. The number of hydrogen-bond donors (Lipinski definition) is 1. The predicted molar refractivity (Wildman–Crippen MR) is 74.8 cm³/mol. The van der Waals surface area contributed by atoms with E-state index in [0.29, 0.717) is 31.1 Å². The Morgan fingerprint density at radius 2 is 2.05 bits per heavy atom. The SMILES string of the molecule is CCOCCCNS(=O)(=O)c1ccc2c(c1)CCC2. The summed E-state index contributed by atoms with van der Waals surface area (Å²) in [7, 11) is -3.37. The van der Waals surface area contributed by atoms with Crippen LogP contribution in [0.1, 0.15) is 30.9 Å². The van der Waals surface area contributed by atoms with Gasteiger partial charge in [-0.1, -0.05) is 6.07 Å². The Hall–Kier alpha value is -0.910. The van der Waals surface area contributed by atoms with E-state index in [1.165, 1.54) is 11.1 Å². The summed E-state index contributed by atoms with van der Waals surface area (Å²) in [5, 5.41) is 0. The van der Waals surface area contributed by atoms with E-state index in [1.807, 2.05) is 19.1 Å². The molecule has 0 amide bonds. The van der Waals surface area contributed by atoms with Crippen LogP contribution in [-0.2, 0) is 27.6 Å². The fraction of sp³-hybridized carbons (Fsp3) is 0.571. The molecular weight excluding hydrogens is 262 g/mol. The number of hydrogen-bond acceptors (Lipinski definition) is 3. The minimum atomic E-state index is -3.37. The normalized spacial score (nSPS) is 14.6. The molecule has 0 bridgehead atoms. The zero-order chi connectivity index (χ0) is 13.7. The lowest BCUT2D eigenvalue weighted by Crippen LogP contribution is -2.25. The highest BCUT2D eigenvalue weighted by Crippen LogP contribution is 2.24. The number of sulfonamides is 1. The Bertz CT molecular complexity index is 525. The molecule has 0 radical (unpaired) electrons. The third-order valence-electron chi connectivity index (χ3n) is 3.34. The third kappa shape index (κ3) is 3.78. The molecule has 0 unspecified atom stereocenters. The highest BCUT2D eigenvalue weighted by Gasteiger charge is 2.17. The fourth-order valence-electron chi connectivity index (χ4n) is 2.32. The molecule has 0 fully saturated rings. The first kappa shape index (κ1) is 14.5. The van der Waals surface area contributed by atoms with Crippen LogP contribution in [0.3, 0.4) is 0 Å². The van der Waals surface area contributed by atoms with Gasteiger partial charge in [0.15, 0.2) is 0 Å². The monoisotopic (exact) mass is 283 g/mol. The summed E-state index contributed by atoms with van der Waals surface area (Å²) in [6.07, 6.45) is 3.87. The van der Waals surface area contributed by atoms with E-state index in [-0.39, 0.29) is 0 Å². The lowest BCUT2D eigenvalue weighted by atomic mass is 10.1. The Kier molecular flexibility index (Phi) is 4.96. The van der Waals surface area contributed by atoms with Crippen molar-refractivity contribution in [3.05, 3.63) is 29.3 Å². The molecule has 0 atom stereocenters. The van der Waals surface area contributed by atoms with E-state index in [2.05, 4.69) is 4.72 Å². The smallest absolute Gasteiger partial charge is 0.240 e. The van der Waals surface area contributed by atoms with Gasteiger partial charge in [0.2, 0.25) is 10.0 Å². The maximum absolute atomic E-state index is 12.1. The van der Waals surface area contributed by atoms with Crippen molar-refractivity contribution in [3.8, 4) is 0 Å². The van der Waals surface area contributed by atoms with Crippen LogP contribution in [0.25, 0.3) is 0 Å². The van der Waals surface area contributed by atoms with Crippen LogP contribution in [0.5, 0.6) is 0 Å². The van der Waals surface area contributed by atoms with Crippen molar-refractivity contribution in [2.24, 2.45) is 0 Å². The Labute approximate surface area is 115 Å². The molecule has 1 aromatic rings. The van der Waals surface area contributed by atoms with Crippen molar-refractivity contribution >= 4 is 10.0 Å². The maximum atomic E-state index is 12.1. The van der Waals surface area contributed by atoms with Gasteiger partial charge in [0, 0.05) is 19.8 Å². The topological polar surface area (TPSA) is 55.4 Å². The van der Waals surface area contributed by atoms with E-state index >= 15 is 0 Å². The van der Waals surface area contributed by atoms with Gasteiger partial charge in [0.05, 0.1) is 4.90 Å². The molecule has 0 saturated carbocycles.